The number of aliphatic hydroxyl groups excluding tert-OH is 1. The van der Waals surface area contributed by atoms with Crippen molar-refractivity contribution in [2.45, 2.75) is 26.2 Å². The first-order valence-corrected chi connectivity index (χ1v) is 5.64. The Morgan fingerprint density at radius 1 is 1.37 bits per heavy atom. The minimum Gasteiger partial charge on any atom is -0.400 e. The van der Waals surface area contributed by atoms with Crippen LogP contribution in [0.15, 0.2) is 27.9 Å². The van der Waals surface area contributed by atoms with Crippen LogP contribution in [0.4, 0.5) is 0 Å². The van der Waals surface area contributed by atoms with Crippen LogP contribution in [0.5, 0.6) is 0 Å². The van der Waals surface area contributed by atoms with E-state index in [1.54, 1.807) is 26.0 Å². The maximum atomic E-state index is 11.6. The molecule has 2 atom stereocenters. The summed E-state index contributed by atoms with van der Waals surface area (Å²) in [5.41, 5.74) is -0.398. The molecule has 1 unspecified atom stereocenters. The van der Waals surface area contributed by atoms with Gasteiger partial charge < -0.3 is 9.84 Å². The standard InChI is InChI=1S/C12H12N2O3.CH4O/c1-3-4-9-5-6-10(17-9)14-7-8(2)11(15)13-12(14)16;1-2/h5-7,9-10H,1-2H3,(H,13,15,16);2H,1H3/t9-,10?;/m1./s1. The monoisotopic (exact) mass is 264 g/mol. The van der Waals surface area contributed by atoms with Crippen LogP contribution in [-0.4, -0.2) is 27.9 Å². The van der Waals surface area contributed by atoms with E-state index in [0.29, 0.717) is 5.56 Å². The van der Waals surface area contributed by atoms with Gasteiger partial charge in [-0.25, -0.2) is 4.79 Å². The van der Waals surface area contributed by atoms with E-state index in [-0.39, 0.29) is 11.7 Å². The van der Waals surface area contributed by atoms with Gasteiger partial charge in [-0.3, -0.25) is 14.3 Å². The van der Waals surface area contributed by atoms with Crippen LogP contribution in [0.1, 0.15) is 18.7 Å². The predicted octanol–water partition coefficient (Wildman–Crippen LogP) is -0.0696. The number of aliphatic hydroxyl groups is 1. The van der Waals surface area contributed by atoms with Crippen molar-refractivity contribution in [2.24, 2.45) is 0 Å². The van der Waals surface area contributed by atoms with Crippen molar-refractivity contribution in [3.8, 4) is 11.8 Å². The second kappa shape index (κ2) is 6.73. The Bertz CT molecular complexity index is 631. The topological polar surface area (TPSA) is 84.3 Å². The highest BCUT2D eigenvalue weighted by molar-refractivity contribution is 5.16. The fourth-order valence-electron chi connectivity index (χ4n) is 1.59. The average molecular weight is 264 g/mol. The van der Waals surface area contributed by atoms with Gasteiger partial charge in [0.15, 0.2) is 6.23 Å². The largest absolute Gasteiger partial charge is 0.400 e. The van der Waals surface area contributed by atoms with Gasteiger partial charge in [-0.1, -0.05) is 5.92 Å². The molecule has 0 aromatic carbocycles. The van der Waals surface area contributed by atoms with Gasteiger partial charge in [0, 0.05) is 18.9 Å². The number of ether oxygens (including phenoxy) is 1. The molecule has 1 aromatic heterocycles. The fourth-order valence-corrected chi connectivity index (χ4v) is 1.59. The highest BCUT2D eigenvalue weighted by Crippen LogP contribution is 2.18. The molecule has 1 aromatic rings. The Balaban J connectivity index is 0.000000861. The lowest BCUT2D eigenvalue weighted by atomic mass is 10.3. The summed E-state index contributed by atoms with van der Waals surface area (Å²) in [6.07, 6.45) is 4.20. The van der Waals surface area contributed by atoms with Crippen molar-refractivity contribution >= 4 is 0 Å². The molecule has 1 aliphatic rings. The molecule has 2 heterocycles. The zero-order valence-corrected chi connectivity index (χ0v) is 11.0. The molecule has 0 bridgehead atoms. The summed E-state index contributed by atoms with van der Waals surface area (Å²) in [6.45, 7) is 3.36. The Morgan fingerprint density at radius 2 is 2.05 bits per heavy atom. The van der Waals surface area contributed by atoms with Gasteiger partial charge >= 0.3 is 5.69 Å². The molecule has 0 fully saturated rings. The molecule has 0 amide bonds. The lowest BCUT2D eigenvalue weighted by Crippen LogP contribution is -2.33. The predicted molar refractivity (Wildman–Crippen MR) is 70.7 cm³/mol. The molecule has 0 saturated carbocycles. The van der Waals surface area contributed by atoms with Crippen molar-refractivity contribution in [2.75, 3.05) is 7.11 Å². The number of H-pyrrole nitrogens is 1. The van der Waals surface area contributed by atoms with Gasteiger partial charge in [-0.15, -0.1) is 5.92 Å². The van der Waals surface area contributed by atoms with Gasteiger partial charge in [-0.05, 0) is 26.0 Å². The zero-order valence-electron chi connectivity index (χ0n) is 11.0. The Labute approximate surface area is 110 Å². The van der Waals surface area contributed by atoms with Gasteiger partial charge in [0.05, 0.1) is 0 Å². The Kier molecular flexibility index (Phi) is 5.30. The molecule has 1 aliphatic heterocycles. The minimum absolute atomic E-state index is 0.302. The molecular formula is C13H16N2O4. The van der Waals surface area contributed by atoms with E-state index in [4.69, 9.17) is 9.84 Å². The van der Waals surface area contributed by atoms with E-state index in [1.165, 1.54) is 10.8 Å². The summed E-state index contributed by atoms with van der Waals surface area (Å²) in [6, 6.07) is 0. The van der Waals surface area contributed by atoms with Gasteiger partial charge in [0.25, 0.3) is 5.56 Å². The molecule has 19 heavy (non-hydrogen) atoms. The molecule has 6 nitrogen and oxygen atoms in total. The first-order chi connectivity index (χ1) is 9.11. The molecule has 2 N–H and O–H groups in total. The van der Waals surface area contributed by atoms with Gasteiger partial charge in [0.1, 0.15) is 6.10 Å². The number of nitrogens with zero attached hydrogens (tertiary/aromatic N) is 1. The number of aryl methyl sites for hydroxylation is 1. The zero-order chi connectivity index (χ0) is 14.4. The summed E-state index contributed by atoms with van der Waals surface area (Å²) < 4.78 is 6.86. The molecule has 0 saturated heterocycles. The van der Waals surface area contributed by atoms with Crippen LogP contribution in [0.25, 0.3) is 0 Å². The van der Waals surface area contributed by atoms with Gasteiger partial charge in [0.2, 0.25) is 0 Å². The van der Waals surface area contributed by atoms with Crippen molar-refractivity contribution in [3.63, 3.8) is 0 Å². The molecule has 2 rings (SSSR count). The van der Waals surface area contributed by atoms with E-state index in [9.17, 15) is 9.59 Å². The van der Waals surface area contributed by atoms with E-state index in [2.05, 4.69) is 16.8 Å². The van der Waals surface area contributed by atoms with Crippen molar-refractivity contribution < 1.29 is 9.84 Å². The van der Waals surface area contributed by atoms with Gasteiger partial charge in [-0.2, -0.15) is 0 Å². The van der Waals surface area contributed by atoms with E-state index < -0.39 is 11.9 Å². The third-order valence-electron chi connectivity index (χ3n) is 2.44. The van der Waals surface area contributed by atoms with Crippen LogP contribution in [-0.2, 0) is 4.74 Å². The number of aromatic nitrogens is 2. The summed E-state index contributed by atoms with van der Waals surface area (Å²) in [5, 5.41) is 7.00. The minimum atomic E-state index is -0.510. The van der Waals surface area contributed by atoms with Crippen LogP contribution in [0, 0.1) is 18.8 Å². The Morgan fingerprint density at radius 3 is 2.68 bits per heavy atom. The lowest BCUT2D eigenvalue weighted by Gasteiger charge is -2.13. The second-order valence-corrected chi connectivity index (χ2v) is 3.71. The SMILES string of the molecule is CC#C[C@@H]1C=CC(n2cc(C)c(=O)[nH]c2=O)O1.CO. The lowest BCUT2D eigenvalue weighted by molar-refractivity contribution is 0.0414. The fraction of sp³-hybridized carbons (Fsp3) is 0.385. The summed E-state index contributed by atoms with van der Waals surface area (Å²) in [7, 11) is 1.00. The van der Waals surface area contributed by atoms with E-state index >= 15 is 0 Å². The first kappa shape index (κ1) is 15.0. The normalized spacial score (nSPS) is 20.2. The maximum Gasteiger partial charge on any atom is 0.330 e. The van der Waals surface area contributed by atoms with E-state index in [1.807, 2.05) is 0 Å². The first-order valence-electron chi connectivity index (χ1n) is 5.64. The number of rotatable bonds is 1. The summed E-state index contributed by atoms with van der Waals surface area (Å²) >= 11 is 0. The van der Waals surface area contributed by atoms with E-state index in [0.717, 1.165) is 7.11 Å². The molecule has 102 valence electrons. The highest BCUT2D eigenvalue weighted by Gasteiger charge is 2.20. The number of aromatic amines is 1. The van der Waals surface area contributed by atoms with Crippen LogP contribution in [0.2, 0.25) is 0 Å². The number of hydrogen-bond acceptors (Lipinski definition) is 4. The molecule has 0 radical (unpaired) electrons. The smallest absolute Gasteiger partial charge is 0.330 e. The molecular weight excluding hydrogens is 248 g/mol. The van der Waals surface area contributed by atoms with Crippen molar-refractivity contribution in [1.82, 2.24) is 9.55 Å². The molecule has 0 aliphatic carbocycles. The number of nitrogens with one attached hydrogen (secondary N) is 1. The molecule has 0 spiro atoms. The maximum absolute atomic E-state index is 11.6. The van der Waals surface area contributed by atoms with Crippen LogP contribution in [0.3, 0.4) is 0 Å². The summed E-state index contributed by atoms with van der Waals surface area (Å²) in [4.78, 5) is 25.1. The molecule has 6 heteroatoms. The number of hydrogen-bond donors (Lipinski definition) is 2. The quantitative estimate of drug-likeness (QED) is 0.549. The average Bonchev–Trinajstić information content (AvgIpc) is 2.85. The van der Waals surface area contributed by atoms with Crippen molar-refractivity contribution in [3.05, 3.63) is 44.8 Å². The summed E-state index contributed by atoms with van der Waals surface area (Å²) in [5.74, 6) is 5.59. The second-order valence-electron chi connectivity index (χ2n) is 3.71. The Hall–Kier alpha value is -2.10. The third kappa shape index (κ3) is 3.44. The third-order valence-corrected chi connectivity index (χ3v) is 2.44. The van der Waals surface area contributed by atoms with Crippen LogP contribution >= 0.6 is 0 Å². The highest BCUT2D eigenvalue weighted by atomic mass is 16.5. The van der Waals surface area contributed by atoms with Crippen molar-refractivity contribution in [1.29, 1.82) is 0 Å². The van der Waals surface area contributed by atoms with Crippen LogP contribution < -0.4 is 11.2 Å².